The van der Waals surface area contributed by atoms with Crippen molar-refractivity contribution in [3.63, 3.8) is 0 Å². The summed E-state index contributed by atoms with van der Waals surface area (Å²) in [7, 11) is 0. The zero-order valence-corrected chi connectivity index (χ0v) is 8.35. The molecule has 5 heteroatoms. The number of pyridine rings is 1. The van der Waals surface area contributed by atoms with Crippen LogP contribution in [0.3, 0.4) is 0 Å². The van der Waals surface area contributed by atoms with Gasteiger partial charge in [0.1, 0.15) is 6.33 Å². The number of carbonyl (C=O) groups excluding carboxylic acids is 1. The fraction of sp³-hybridized carbons (Fsp3) is 0. The van der Waals surface area contributed by atoms with Crippen molar-refractivity contribution in [1.29, 1.82) is 0 Å². The molecule has 0 saturated heterocycles. The van der Waals surface area contributed by atoms with E-state index in [1.54, 1.807) is 6.07 Å². The summed E-state index contributed by atoms with van der Waals surface area (Å²) in [6, 6.07) is 1.57. The van der Waals surface area contributed by atoms with Gasteiger partial charge in [-0.1, -0.05) is 11.6 Å². The summed E-state index contributed by atoms with van der Waals surface area (Å²) in [5.41, 5.74) is 0.812. The molecule has 2 heterocycles. The van der Waals surface area contributed by atoms with E-state index >= 15 is 0 Å². The molecule has 15 heavy (non-hydrogen) atoms. The third-order valence-electron chi connectivity index (χ3n) is 1.84. The maximum Gasteiger partial charge on any atom is 0.197 e. The van der Waals surface area contributed by atoms with E-state index in [1.165, 1.54) is 31.1 Å². The van der Waals surface area contributed by atoms with Crippen molar-refractivity contribution in [3.05, 3.63) is 53.3 Å². The van der Waals surface area contributed by atoms with Crippen LogP contribution in [0.15, 0.2) is 37.2 Å². The van der Waals surface area contributed by atoms with Crippen molar-refractivity contribution < 1.29 is 4.79 Å². The van der Waals surface area contributed by atoms with Gasteiger partial charge in [0.25, 0.3) is 0 Å². The molecule has 0 spiro atoms. The van der Waals surface area contributed by atoms with Gasteiger partial charge in [-0.05, 0) is 6.07 Å². The lowest BCUT2D eigenvalue weighted by Crippen LogP contribution is -2.03. The lowest BCUT2D eigenvalue weighted by Gasteiger charge is -2.01. The monoisotopic (exact) mass is 219 g/mol. The topological polar surface area (TPSA) is 55.7 Å². The Hall–Kier alpha value is -1.81. The molecule has 0 radical (unpaired) electrons. The van der Waals surface area contributed by atoms with Crippen molar-refractivity contribution in [2.45, 2.75) is 0 Å². The molecule has 0 saturated carbocycles. The molecular weight excluding hydrogens is 214 g/mol. The number of ketones is 1. The summed E-state index contributed by atoms with van der Waals surface area (Å²) < 4.78 is 0. The smallest absolute Gasteiger partial charge is 0.197 e. The van der Waals surface area contributed by atoms with Gasteiger partial charge in [0.2, 0.25) is 0 Å². The molecular formula is C10H6ClN3O. The number of hydrogen-bond acceptors (Lipinski definition) is 4. The Balaban J connectivity index is 2.42. The minimum Gasteiger partial charge on any atom is -0.288 e. The summed E-state index contributed by atoms with van der Waals surface area (Å²) in [5.74, 6) is -0.206. The number of hydrogen-bond donors (Lipinski definition) is 0. The van der Waals surface area contributed by atoms with Gasteiger partial charge in [-0.25, -0.2) is 9.97 Å². The van der Waals surface area contributed by atoms with E-state index in [9.17, 15) is 4.79 Å². The molecule has 74 valence electrons. The Morgan fingerprint density at radius 3 is 2.53 bits per heavy atom. The van der Waals surface area contributed by atoms with Gasteiger partial charge >= 0.3 is 0 Å². The van der Waals surface area contributed by atoms with Gasteiger partial charge in [0.15, 0.2) is 5.78 Å². The average molecular weight is 220 g/mol. The molecule has 0 bridgehead atoms. The Morgan fingerprint density at radius 1 is 1.13 bits per heavy atom. The molecule has 0 unspecified atom stereocenters. The summed E-state index contributed by atoms with van der Waals surface area (Å²) in [5, 5.41) is 0.325. The van der Waals surface area contributed by atoms with Gasteiger partial charge in [-0.3, -0.25) is 9.78 Å². The van der Waals surface area contributed by atoms with Crippen LogP contribution in [0, 0.1) is 0 Å². The van der Waals surface area contributed by atoms with E-state index < -0.39 is 0 Å². The van der Waals surface area contributed by atoms with Crippen LogP contribution in [-0.2, 0) is 0 Å². The predicted octanol–water partition coefficient (Wildman–Crippen LogP) is 1.76. The Morgan fingerprint density at radius 2 is 1.87 bits per heavy atom. The molecule has 2 rings (SSSR count). The summed E-state index contributed by atoms with van der Waals surface area (Å²) in [6.45, 7) is 0. The first kappa shape index (κ1) is 9.73. The second kappa shape index (κ2) is 4.14. The van der Waals surface area contributed by atoms with Crippen LogP contribution in [-0.4, -0.2) is 20.7 Å². The van der Waals surface area contributed by atoms with Gasteiger partial charge < -0.3 is 0 Å². The highest BCUT2D eigenvalue weighted by Crippen LogP contribution is 2.16. The third-order valence-corrected chi connectivity index (χ3v) is 2.14. The molecule has 0 aliphatic heterocycles. The fourth-order valence-electron chi connectivity index (χ4n) is 1.13. The van der Waals surface area contributed by atoms with E-state index in [0.717, 1.165) is 0 Å². The van der Waals surface area contributed by atoms with E-state index in [-0.39, 0.29) is 5.78 Å². The molecule has 0 amide bonds. The first-order chi connectivity index (χ1) is 7.29. The van der Waals surface area contributed by atoms with Crippen LogP contribution in [0.5, 0.6) is 0 Å². The lowest BCUT2D eigenvalue weighted by molar-refractivity contribution is 0.103. The predicted molar refractivity (Wildman–Crippen MR) is 54.7 cm³/mol. The first-order valence-corrected chi connectivity index (χ1v) is 4.56. The molecule has 0 aliphatic rings. The molecule has 0 aromatic carbocycles. The van der Waals surface area contributed by atoms with E-state index in [2.05, 4.69) is 15.0 Å². The Kier molecular flexibility index (Phi) is 2.69. The van der Waals surface area contributed by atoms with E-state index in [4.69, 9.17) is 11.6 Å². The molecule has 0 N–H and O–H groups in total. The first-order valence-electron chi connectivity index (χ1n) is 4.18. The van der Waals surface area contributed by atoms with Gasteiger partial charge in [0, 0.05) is 30.4 Å². The van der Waals surface area contributed by atoms with Crippen LogP contribution in [0.1, 0.15) is 15.9 Å². The van der Waals surface area contributed by atoms with Crippen molar-refractivity contribution in [1.82, 2.24) is 15.0 Å². The molecule has 2 aromatic rings. The zero-order valence-electron chi connectivity index (χ0n) is 7.59. The minimum absolute atomic E-state index is 0.206. The van der Waals surface area contributed by atoms with Crippen molar-refractivity contribution >= 4 is 17.4 Å². The standard InChI is InChI=1S/C10H6ClN3O/c11-9-5-12-2-1-8(9)10(15)7-3-13-6-14-4-7/h1-6H. The zero-order chi connectivity index (χ0) is 10.7. The second-order valence-electron chi connectivity index (χ2n) is 2.81. The molecule has 0 atom stereocenters. The third kappa shape index (κ3) is 1.99. The quantitative estimate of drug-likeness (QED) is 0.723. The normalized spacial score (nSPS) is 9.93. The summed E-state index contributed by atoms with van der Waals surface area (Å²) in [6.07, 6.45) is 7.21. The average Bonchev–Trinajstić information content (AvgIpc) is 2.30. The fourth-order valence-corrected chi connectivity index (χ4v) is 1.34. The Labute approximate surface area is 91.0 Å². The molecule has 4 nitrogen and oxygen atoms in total. The number of rotatable bonds is 2. The SMILES string of the molecule is O=C(c1cncnc1)c1ccncc1Cl. The van der Waals surface area contributed by atoms with Crippen LogP contribution in [0.25, 0.3) is 0 Å². The molecule has 2 aromatic heterocycles. The maximum atomic E-state index is 11.9. The van der Waals surface area contributed by atoms with Crippen LogP contribution in [0.4, 0.5) is 0 Å². The molecule has 0 fully saturated rings. The van der Waals surface area contributed by atoms with Crippen molar-refractivity contribution in [2.75, 3.05) is 0 Å². The van der Waals surface area contributed by atoms with E-state index in [0.29, 0.717) is 16.1 Å². The van der Waals surface area contributed by atoms with Crippen molar-refractivity contribution in [3.8, 4) is 0 Å². The molecule has 0 aliphatic carbocycles. The maximum absolute atomic E-state index is 11.9. The lowest BCUT2D eigenvalue weighted by atomic mass is 10.1. The minimum atomic E-state index is -0.206. The highest BCUT2D eigenvalue weighted by molar-refractivity contribution is 6.34. The summed E-state index contributed by atoms with van der Waals surface area (Å²) >= 11 is 5.84. The van der Waals surface area contributed by atoms with Gasteiger partial charge in [0.05, 0.1) is 10.6 Å². The highest BCUT2D eigenvalue weighted by atomic mass is 35.5. The van der Waals surface area contributed by atoms with Crippen LogP contribution < -0.4 is 0 Å². The van der Waals surface area contributed by atoms with Gasteiger partial charge in [-0.2, -0.15) is 0 Å². The van der Waals surface area contributed by atoms with E-state index in [1.807, 2.05) is 0 Å². The van der Waals surface area contributed by atoms with Crippen LogP contribution >= 0.6 is 11.6 Å². The number of aromatic nitrogens is 3. The van der Waals surface area contributed by atoms with Gasteiger partial charge in [-0.15, -0.1) is 0 Å². The van der Waals surface area contributed by atoms with Crippen molar-refractivity contribution in [2.24, 2.45) is 0 Å². The largest absolute Gasteiger partial charge is 0.288 e. The number of nitrogens with zero attached hydrogens (tertiary/aromatic N) is 3. The number of halogens is 1. The Bertz CT molecular complexity index is 487. The highest BCUT2D eigenvalue weighted by Gasteiger charge is 2.12. The second-order valence-corrected chi connectivity index (χ2v) is 3.22. The number of carbonyl (C=O) groups is 1. The van der Waals surface area contributed by atoms with Crippen LogP contribution in [0.2, 0.25) is 5.02 Å². The summed E-state index contributed by atoms with van der Waals surface area (Å²) in [4.78, 5) is 23.2.